The highest BCUT2D eigenvalue weighted by molar-refractivity contribution is 6.31. The van der Waals surface area contributed by atoms with Crippen molar-refractivity contribution in [2.45, 2.75) is 6.10 Å². The summed E-state index contributed by atoms with van der Waals surface area (Å²) >= 11 is 6.05. The van der Waals surface area contributed by atoms with E-state index in [0.717, 1.165) is 28.2 Å². The molecule has 0 radical (unpaired) electrons. The summed E-state index contributed by atoms with van der Waals surface area (Å²) in [6, 6.07) is 18.5. The number of amides is 1. The highest BCUT2D eigenvalue weighted by Gasteiger charge is 2.27. The van der Waals surface area contributed by atoms with Crippen molar-refractivity contribution < 1.29 is 9.90 Å². The van der Waals surface area contributed by atoms with Gasteiger partial charge in [0.2, 0.25) is 0 Å². The first-order valence-corrected chi connectivity index (χ1v) is 10.8. The lowest BCUT2D eigenvalue weighted by molar-refractivity contribution is -0.140. The summed E-state index contributed by atoms with van der Waals surface area (Å²) in [5, 5.41) is 11.1. The van der Waals surface area contributed by atoms with Crippen molar-refractivity contribution >= 4 is 34.4 Å². The zero-order chi connectivity index (χ0) is 22.1. The fourth-order valence-electron chi connectivity index (χ4n) is 3.94. The highest BCUT2D eigenvalue weighted by Crippen LogP contribution is 2.24. The Hall–Kier alpha value is -3.42. The lowest BCUT2D eigenvalue weighted by Crippen LogP contribution is -2.50. The van der Waals surface area contributed by atoms with Gasteiger partial charge in [0.05, 0.1) is 11.0 Å². The third-order valence-corrected chi connectivity index (χ3v) is 5.96. The van der Waals surface area contributed by atoms with Crippen LogP contribution >= 0.6 is 11.6 Å². The summed E-state index contributed by atoms with van der Waals surface area (Å²) in [5.74, 6) is 1.33. The number of anilines is 1. The molecule has 1 saturated heterocycles. The standard InChI is InChI=1S/C24H22ClN5O2/c25-18-7-8-19-20(14-18)28-23(27-19)17-6-9-21(26-15-17)29-10-12-30(13-11-29)24(32)22(31)16-4-2-1-3-5-16/h1-9,14-15,22,31H,10-13H2,(H,27,28)/t22-/m0/s1. The normalized spacial score (nSPS) is 15.2. The number of rotatable bonds is 4. The van der Waals surface area contributed by atoms with Gasteiger partial charge in [-0.25, -0.2) is 9.97 Å². The van der Waals surface area contributed by atoms with E-state index in [2.05, 4.69) is 19.9 Å². The van der Waals surface area contributed by atoms with Gasteiger partial charge in [-0.15, -0.1) is 0 Å². The maximum absolute atomic E-state index is 12.7. The summed E-state index contributed by atoms with van der Waals surface area (Å²) in [5.41, 5.74) is 3.24. The van der Waals surface area contributed by atoms with Gasteiger partial charge in [0.25, 0.3) is 5.91 Å². The minimum atomic E-state index is -1.13. The van der Waals surface area contributed by atoms with E-state index in [0.29, 0.717) is 36.8 Å². The molecule has 4 aromatic rings. The van der Waals surface area contributed by atoms with Crippen molar-refractivity contribution in [3.63, 3.8) is 0 Å². The smallest absolute Gasteiger partial charge is 0.256 e. The molecule has 2 aromatic heterocycles. The maximum Gasteiger partial charge on any atom is 0.256 e. The average molecular weight is 448 g/mol. The van der Waals surface area contributed by atoms with E-state index >= 15 is 0 Å². The molecule has 3 heterocycles. The molecule has 1 aliphatic rings. The molecule has 1 atom stereocenters. The van der Waals surface area contributed by atoms with Crippen molar-refractivity contribution in [3.05, 3.63) is 77.4 Å². The molecule has 8 heteroatoms. The molecule has 5 rings (SSSR count). The van der Waals surface area contributed by atoms with Gasteiger partial charge in [-0.2, -0.15) is 0 Å². The second kappa shape index (κ2) is 8.61. The van der Waals surface area contributed by atoms with E-state index in [1.165, 1.54) is 0 Å². The number of benzene rings is 2. The summed E-state index contributed by atoms with van der Waals surface area (Å²) in [6.07, 6.45) is 0.671. The SMILES string of the molecule is O=C([C@@H](O)c1ccccc1)N1CCN(c2ccc(-c3nc4ccc(Cl)cc4[nH]3)cn2)CC1. The molecule has 2 aromatic carbocycles. The van der Waals surface area contributed by atoms with E-state index in [9.17, 15) is 9.90 Å². The number of H-pyrrole nitrogens is 1. The quantitative estimate of drug-likeness (QED) is 0.498. The van der Waals surface area contributed by atoms with Crippen molar-refractivity contribution in [2.24, 2.45) is 0 Å². The first kappa shape index (κ1) is 20.5. The number of aromatic nitrogens is 3. The average Bonchev–Trinajstić information content (AvgIpc) is 3.27. The van der Waals surface area contributed by atoms with Gasteiger partial charge in [-0.3, -0.25) is 4.79 Å². The highest BCUT2D eigenvalue weighted by atomic mass is 35.5. The van der Waals surface area contributed by atoms with Crippen molar-refractivity contribution in [3.8, 4) is 11.4 Å². The molecule has 0 bridgehead atoms. The number of halogens is 1. The molecular weight excluding hydrogens is 426 g/mol. The lowest BCUT2D eigenvalue weighted by Gasteiger charge is -2.36. The predicted octanol–water partition coefficient (Wildman–Crippen LogP) is 3.66. The minimum Gasteiger partial charge on any atom is -0.378 e. The number of pyridine rings is 1. The molecule has 0 unspecified atom stereocenters. The van der Waals surface area contributed by atoms with Crippen LogP contribution in [0.4, 0.5) is 5.82 Å². The number of nitrogens with zero attached hydrogens (tertiary/aromatic N) is 4. The molecule has 0 saturated carbocycles. The zero-order valence-corrected chi connectivity index (χ0v) is 18.0. The predicted molar refractivity (Wildman–Crippen MR) is 125 cm³/mol. The maximum atomic E-state index is 12.7. The number of nitrogens with one attached hydrogen (secondary N) is 1. The van der Waals surface area contributed by atoms with Gasteiger partial charge in [0.15, 0.2) is 6.10 Å². The number of fused-ring (bicyclic) bond motifs is 1. The zero-order valence-electron chi connectivity index (χ0n) is 17.3. The molecular formula is C24H22ClN5O2. The van der Waals surface area contributed by atoms with Crippen LogP contribution in [0.1, 0.15) is 11.7 Å². The fraction of sp³-hybridized carbons (Fsp3) is 0.208. The number of carbonyl (C=O) groups is 1. The van der Waals surface area contributed by atoms with Crippen molar-refractivity contribution in [1.82, 2.24) is 19.9 Å². The van der Waals surface area contributed by atoms with E-state index in [1.807, 2.05) is 48.5 Å². The van der Waals surface area contributed by atoms with Crippen LogP contribution in [0, 0.1) is 0 Å². The van der Waals surface area contributed by atoms with Crippen LogP contribution in [0.25, 0.3) is 22.4 Å². The van der Waals surface area contributed by atoms with Gasteiger partial charge in [-0.1, -0.05) is 41.9 Å². The Morgan fingerprint density at radius 3 is 2.53 bits per heavy atom. The van der Waals surface area contributed by atoms with E-state index in [-0.39, 0.29) is 5.91 Å². The fourth-order valence-corrected chi connectivity index (χ4v) is 4.11. The van der Waals surface area contributed by atoms with Crippen LogP contribution in [0.2, 0.25) is 5.02 Å². The lowest BCUT2D eigenvalue weighted by atomic mass is 10.1. The molecule has 32 heavy (non-hydrogen) atoms. The van der Waals surface area contributed by atoms with Gasteiger partial charge in [0, 0.05) is 43.0 Å². The molecule has 2 N–H and O–H groups in total. The van der Waals surface area contributed by atoms with Crippen LogP contribution < -0.4 is 4.90 Å². The molecule has 1 fully saturated rings. The number of aliphatic hydroxyl groups is 1. The van der Waals surface area contributed by atoms with Gasteiger partial charge in [-0.05, 0) is 35.9 Å². The first-order chi connectivity index (χ1) is 15.6. The Kier molecular flexibility index (Phi) is 5.51. The molecule has 1 aliphatic heterocycles. The number of aliphatic hydroxyl groups excluding tert-OH is 1. The number of imidazole rings is 1. The number of aromatic amines is 1. The van der Waals surface area contributed by atoms with E-state index in [4.69, 9.17) is 11.6 Å². The molecule has 7 nitrogen and oxygen atoms in total. The number of hydrogen-bond acceptors (Lipinski definition) is 5. The minimum absolute atomic E-state index is 0.260. The summed E-state index contributed by atoms with van der Waals surface area (Å²) in [6.45, 7) is 2.39. The number of hydrogen-bond donors (Lipinski definition) is 2. The first-order valence-electron chi connectivity index (χ1n) is 10.5. The Morgan fingerprint density at radius 1 is 1.03 bits per heavy atom. The van der Waals surface area contributed by atoms with Crippen molar-refractivity contribution in [1.29, 1.82) is 0 Å². The van der Waals surface area contributed by atoms with Gasteiger partial charge >= 0.3 is 0 Å². The molecule has 0 spiro atoms. The van der Waals surface area contributed by atoms with Gasteiger partial charge < -0.3 is 19.9 Å². The molecule has 1 amide bonds. The van der Waals surface area contributed by atoms with E-state index in [1.54, 1.807) is 23.2 Å². The largest absolute Gasteiger partial charge is 0.378 e. The molecule has 0 aliphatic carbocycles. The Morgan fingerprint density at radius 2 is 1.81 bits per heavy atom. The van der Waals surface area contributed by atoms with Crippen LogP contribution in [-0.4, -0.2) is 57.0 Å². The second-order valence-electron chi connectivity index (χ2n) is 7.78. The topological polar surface area (TPSA) is 85.4 Å². The molecule has 162 valence electrons. The number of piperazine rings is 1. The van der Waals surface area contributed by atoms with Crippen LogP contribution in [0.3, 0.4) is 0 Å². The summed E-state index contributed by atoms with van der Waals surface area (Å²) in [7, 11) is 0. The third-order valence-electron chi connectivity index (χ3n) is 5.73. The second-order valence-corrected chi connectivity index (χ2v) is 8.21. The Labute approximate surface area is 190 Å². The van der Waals surface area contributed by atoms with Crippen LogP contribution in [0.5, 0.6) is 0 Å². The van der Waals surface area contributed by atoms with Crippen LogP contribution in [-0.2, 0) is 4.79 Å². The monoisotopic (exact) mass is 447 g/mol. The van der Waals surface area contributed by atoms with Crippen LogP contribution in [0.15, 0.2) is 66.9 Å². The summed E-state index contributed by atoms with van der Waals surface area (Å²) < 4.78 is 0. The van der Waals surface area contributed by atoms with Gasteiger partial charge in [0.1, 0.15) is 11.6 Å². The Balaban J connectivity index is 1.23. The third kappa shape index (κ3) is 4.04. The van der Waals surface area contributed by atoms with Crippen molar-refractivity contribution in [2.75, 3.05) is 31.1 Å². The number of carbonyl (C=O) groups excluding carboxylic acids is 1. The van der Waals surface area contributed by atoms with E-state index < -0.39 is 6.10 Å². The Bertz CT molecular complexity index is 1230. The summed E-state index contributed by atoms with van der Waals surface area (Å²) in [4.78, 5) is 29.0.